The molecule has 0 bridgehead atoms. The molecule has 0 aromatic carbocycles. The van der Waals surface area contributed by atoms with E-state index in [1.807, 2.05) is 0 Å². The largest absolute Gasteiger partial charge is 0.443 e. The minimum Gasteiger partial charge on any atom is -0.373 e. The average molecular weight is 274 g/mol. The van der Waals surface area contributed by atoms with Crippen LogP contribution < -0.4 is 5.32 Å². The molecule has 0 aliphatic heterocycles. The Morgan fingerprint density at radius 3 is 2.50 bits per heavy atom. The highest BCUT2D eigenvalue weighted by Crippen LogP contribution is 2.37. The Bertz CT molecular complexity index is 564. The van der Waals surface area contributed by atoms with Crippen molar-refractivity contribution in [1.29, 1.82) is 0 Å². The van der Waals surface area contributed by atoms with Gasteiger partial charge in [-0.1, -0.05) is 0 Å². The van der Waals surface area contributed by atoms with Gasteiger partial charge < -0.3 is 5.32 Å². The number of nitrogens with one attached hydrogen (secondary N) is 1. The van der Waals surface area contributed by atoms with Crippen molar-refractivity contribution in [3.8, 4) is 10.6 Å². The van der Waals surface area contributed by atoms with Crippen LogP contribution in [0, 0.1) is 6.92 Å². The van der Waals surface area contributed by atoms with Gasteiger partial charge in [0.15, 0.2) is 5.01 Å². The molecule has 96 valence electrons. The van der Waals surface area contributed by atoms with Crippen LogP contribution >= 0.6 is 11.3 Å². The molecule has 0 aliphatic rings. The molecule has 0 fully saturated rings. The molecule has 1 N–H and O–H groups in total. The van der Waals surface area contributed by atoms with E-state index in [9.17, 15) is 13.2 Å². The van der Waals surface area contributed by atoms with E-state index in [0.29, 0.717) is 33.3 Å². The lowest BCUT2D eigenvalue weighted by molar-refractivity contribution is -0.137. The first-order valence-corrected chi connectivity index (χ1v) is 5.78. The number of thiazole rings is 1. The van der Waals surface area contributed by atoms with Gasteiger partial charge in [0.1, 0.15) is 12.1 Å². The molecule has 0 saturated carbocycles. The molecule has 2 aromatic heterocycles. The van der Waals surface area contributed by atoms with Crippen molar-refractivity contribution in [3.63, 3.8) is 0 Å². The number of anilines is 1. The van der Waals surface area contributed by atoms with E-state index in [-0.39, 0.29) is 0 Å². The summed E-state index contributed by atoms with van der Waals surface area (Å²) in [7, 11) is 1.69. The Labute approximate surface area is 105 Å². The molecule has 0 radical (unpaired) electrons. The third kappa shape index (κ3) is 2.28. The summed E-state index contributed by atoms with van der Waals surface area (Å²) in [5.41, 5.74) is 1.15. The quantitative estimate of drug-likeness (QED) is 0.914. The van der Waals surface area contributed by atoms with E-state index < -0.39 is 11.2 Å². The summed E-state index contributed by atoms with van der Waals surface area (Å²) in [6.07, 6.45) is -1.93. The Kier molecular flexibility index (Phi) is 3.20. The van der Waals surface area contributed by atoms with E-state index >= 15 is 0 Å². The summed E-state index contributed by atoms with van der Waals surface area (Å²) in [6, 6.07) is 0. The number of hydrogen-bond acceptors (Lipinski definition) is 5. The standard InChI is InChI=1S/C10H9F3N4S/c1-5-7(16-4-17-8(5)14-2)6-3-15-9(18-6)10(11,12)13/h3-4H,1-2H3,(H,14,16,17). The van der Waals surface area contributed by atoms with Crippen LogP contribution in [0.4, 0.5) is 19.0 Å². The first-order chi connectivity index (χ1) is 8.43. The average Bonchev–Trinajstić information content (AvgIpc) is 2.78. The van der Waals surface area contributed by atoms with E-state index in [0.717, 1.165) is 0 Å². The fourth-order valence-electron chi connectivity index (χ4n) is 1.47. The molecule has 18 heavy (non-hydrogen) atoms. The van der Waals surface area contributed by atoms with Crippen LogP contribution in [0.5, 0.6) is 0 Å². The van der Waals surface area contributed by atoms with Crippen molar-refractivity contribution in [1.82, 2.24) is 15.0 Å². The van der Waals surface area contributed by atoms with Gasteiger partial charge in [-0.2, -0.15) is 13.2 Å². The monoisotopic (exact) mass is 274 g/mol. The van der Waals surface area contributed by atoms with Crippen LogP contribution in [0.15, 0.2) is 12.5 Å². The minimum atomic E-state index is -4.42. The zero-order valence-corrected chi connectivity index (χ0v) is 10.4. The highest BCUT2D eigenvalue weighted by atomic mass is 32.1. The second kappa shape index (κ2) is 4.52. The fraction of sp³-hybridized carbons (Fsp3) is 0.300. The number of aromatic nitrogens is 3. The SMILES string of the molecule is CNc1ncnc(-c2cnc(C(F)(F)F)s2)c1C. The Hall–Kier alpha value is -1.70. The molecule has 2 rings (SSSR count). The molecule has 2 aromatic rings. The zero-order valence-electron chi connectivity index (χ0n) is 9.54. The van der Waals surface area contributed by atoms with Crippen LogP contribution in [0.2, 0.25) is 0 Å². The van der Waals surface area contributed by atoms with Crippen molar-refractivity contribution >= 4 is 17.2 Å². The van der Waals surface area contributed by atoms with Crippen molar-refractivity contribution < 1.29 is 13.2 Å². The Balaban J connectivity index is 2.47. The van der Waals surface area contributed by atoms with Gasteiger partial charge in [0.25, 0.3) is 0 Å². The number of nitrogens with zero attached hydrogens (tertiary/aromatic N) is 3. The van der Waals surface area contributed by atoms with Gasteiger partial charge in [0.05, 0.1) is 10.6 Å². The number of rotatable bonds is 2. The molecule has 0 aliphatic carbocycles. The first-order valence-electron chi connectivity index (χ1n) is 4.96. The van der Waals surface area contributed by atoms with E-state index in [2.05, 4.69) is 20.3 Å². The molecular weight excluding hydrogens is 265 g/mol. The summed E-state index contributed by atoms with van der Waals surface area (Å²) in [4.78, 5) is 11.7. The summed E-state index contributed by atoms with van der Waals surface area (Å²) in [5.74, 6) is 0.585. The van der Waals surface area contributed by atoms with Gasteiger partial charge in [0, 0.05) is 18.8 Å². The zero-order chi connectivity index (χ0) is 13.3. The van der Waals surface area contributed by atoms with E-state index in [4.69, 9.17) is 0 Å². The lowest BCUT2D eigenvalue weighted by atomic mass is 10.2. The Morgan fingerprint density at radius 1 is 1.22 bits per heavy atom. The summed E-state index contributed by atoms with van der Waals surface area (Å²) in [6.45, 7) is 1.74. The van der Waals surface area contributed by atoms with Crippen LogP contribution in [0.25, 0.3) is 10.6 Å². The normalized spacial score (nSPS) is 11.6. The minimum absolute atomic E-state index is 0.374. The first kappa shape index (κ1) is 12.7. The van der Waals surface area contributed by atoms with Crippen LogP contribution in [-0.4, -0.2) is 22.0 Å². The summed E-state index contributed by atoms with van der Waals surface area (Å²) >= 11 is 0.572. The second-order valence-corrected chi connectivity index (χ2v) is 4.50. The van der Waals surface area contributed by atoms with Gasteiger partial charge >= 0.3 is 6.18 Å². The van der Waals surface area contributed by atoms with Gasteiger partial charge in [-0.15, -0.1) is 11.3 Å². The fourth-order valence-corrected chi connectivity index (χ4v) is 2.30. The van der Waals surface area contributed by atoms with Crippen molar-refractivity contribution in [3.05, 3.63) is 23.1 Å². The molecule has 0 amide bonds. The van der Waals surface area contributed by atoms with Gasteiger partial charge in [-0.05, 0) is 6.92 Å². The molecule has 2 heterocycles. The summed E-state index contributed by atoms with van der Waals surface area (Å²) < 4.78 is 37.4. The van der Waals surface area contributed by atoms with Crippen molar-refractivity contribution in [2.75, 3.05) is 12.4 Å². The highest BCUT2D eigenvalue weighted by Gasteiger charge is 2.34. The van der Waals surface area contributed by atoms with Gasteiger partial charge in [-0.25, -0.2) is 15.0 Å². The van der Waals surface area contributed by atoms with Crippen molar-refractivity contribution in [2.45, 2.75) is 13.1 Å². The summed E-state index contributed by atoms with van der Waals surface area (Å²) in [5, 5.41) is 1.98. The predicted molar refractivity (Wildman–Crippen MR) is 62.4 cm³/mol. The maximum atomic E-state index is 12.5. The second-order valence-electron chi connectivity index (χ2n) is 3.47. The topological polar surface area (TPSA) is 50.7 Å². The highest BCUT2D eigenvalue weighted by molar-refractivity contribution is 7.15. The number of alkyl halides is 3. The molecule has 0 atom stereocenters. The maximum absolute atomic E-state index is 12.5. The Morgan fingerprint density at radius 2 is 1.94 bits per heavy atom. The lowest BCUT2D eigenvalue weighted by Gasteiger charge is -2.06. The molecule has 4 nitrogen and oxygen atoms in total. The predicted octanol–water partition coefficient (Wildman–Crippen LogP) is 2.97. The van der Waals surface area contributed by atoms with Crippen LogP contribution in [0.1, 0.15) is 10.6 Å². The number of halogens is 3. The van der Waals surface area contributed by atoms with Crippen LogP contribution in [0.3, 0.4) is 0 Å². The molecule has 8 heteroatoms. The molecule has 0 unspecified atom stereocenters. The molecular formula is C10H9F3N4S. The maximum Gasteiger partial charge on any atom is 0.443 e. The van der Waals surface area contributed by atoms with E-state index in [1.54, 1.807) is 14.0 Å². The third-order valence-electron chi connectivity index (χ3n) is 2.30. The van der Waals surface area contributed by atoms with Crippen molar-refractivity contribution in [2.24, 2.45) is 0 Å². The molecule has 0 spiro atoms. The third-order valence-corrected chi connectivity index (χ3v) is 3.35. The van der Waals surface area contributed by atoms with E-state index in [1.165, 1.54) is 12.5 Å². The number of hydrogen-bond donors (Lipinski definition) is 1. The van der Waals surface area contributed by atoms with Gasteiger partial charge in [0.2, 0.25) is 0 Å². The lowest BCUT2D eigenvalue weighted by Crippen LogP contribution is -2.02. The van der Waals surface area contributed by atoms with Gasteiger partial charge in [-0.3, -0.25) is 0 Å². The van der Waals surface area contributed by atoms with Crippen LogP contribution in [-0.2, 0) is 6.18 Å². The molecule has 0 saturated heterocycles. The smallest absolute Gasteiger partial charge is 0.373 e.